The molecule has 3 aromatic rings. The lowest BCUT2D eigenvalue weighted by atomic mass is 9.96. The average molecular weight is 420 g/mol. The second kappa shape index (κ2) is 7.46. The number of ketones is 1. The molecule has 2 heterocycles. The van der Waals surface area contributed by atoms with Gasteiger partial charge in [-0.25, -0.2) is 0 Å². The van der Waals surface area contributed by atoms with Gasteiger partial charge >= 0.3 is 0 Å². The third-order valence-corrected chi connectivity index (χ3v) is 6.59. The van der Waals surface area contributed by atoms with Crippen LogP contribution in [0.4, 0.5) is 5.69 Å². The number of aliphatic hydroxyl groups excluding tert-OH is 1. The summed E-state index contributed by atoms with van der Waals surface area (Å²) in [6.45, 7) is 5.78. The topological polar surface area (TPSA) is 77.8 Å². The first-order chi connectivity index (χ1) is 14.3. The molecule has 1 aliphatic rings. The molecular formula is C24H21NO4S. The fourth-order valence-electron chi connectivity index (χ4n) is 3.71. The van der Waals surface area contributed by atoms with Crippen molar-refractivity contribution >= 4 is 34.5 Å². The van der Waals surface area contributed by atoms with Crippen molar-refractivity contribution in [2.45, 2.75) is 26.8 Å². The van der Waals surface area contributed by atoms with Crippen LogP contribution in [0.3, 0.4) is 0 Å². The molecule has 152 valence electrons. The fourth-order valence-corrected chi connectivity index (χ4v) is 4.73. The summed E-state index contributed by atoms with van der Waals surface area (Å²) in [7, 11) is 0. The molecular weight excluding hydrogens is 398 g/mol. The van der Waals surface area contributed by atoms with E-state index in [0.29, 0.717) is 5.56 Å². The molecule has 1 aliphatic heterocycles. The average Bonchev–Trinajstić information content (AvgIpc) is 3.25. The molecule has 1 aromatic heterocycles. The number of amides is 1. The molecule has 4 rings (SSSR count). The summed E-state index contributed by atoms with van der Waals surface area (Å²) < 4.78 is 0. The summed E-state index contributed by atoms with van der Waals surface area (Å²) in [5, 5.41) is 23.4. The maximum absolute atomic E-state index is 13.1. The van der Waals surface area contributed by atoms with Crippen LogP contribution in [0.1, 0.15) is 33.2 Å². The number of aliphatic hydroxyl groups is 1. The Hall–Kier alpha value is -3.38. The van der Waals surface area contributed by atoms with Gasteiger partial charge in [-0.2, -0.15) is 0 Å². The molecule has 2 aromatic carbocycles. The Morgan fingerprint density at radius 1 is 0.967 bits per heavy atom. The van der Waals surface area contributed by atoms with Crippen LogP contribution in [0, 0.1) is 20.8 Å². The Morgan fingerprint density at radius 2 is 1.70 bits per heavy atom. The number of carbonyl (C=O) groups is 2. The molecule has 0 saturated carbocycles. The molecule has 0 spiro atoms. The summed E-state index contributed by atoms with van der Waals surface area (Å²) in [6, 6.07) is 12.9. The standard InChI is InChI=1S/C24H21NO4S/c1-13-8-9-16(12-15(13)3)21(27)19-20(23-14(2)10-11-30-23)25(24(29)22(19)28)17-6-4-5-7-18(17)26/h4-12,20,26-27H,1-3H3/b21-19-. The Bertz CT molecular complexity index is 1210. The van der Waals surface area contributed by atoms with E-state index < -0.39 is 17.7 Å². The molecule has 0 aliphatic carbocycles. The number of Topliss-reactive ketones (excluding diaryl/α,β-unsaturated/α-hetero) is 1. The van der Waals surface area contributed by atoms with Gasteiger partial charge in [-0.3, -0.25) is 14.5 Å². The summed E-state index contributed by atoms with van der Waals surface area (Å²) >= 11 is 1.40. The van der Waals surface area contributed by atoms with Gasteiger partial charge in [0, 0.05) is 10.4 Å². The highest BCUT2D eigenvalue weighted by Crippen LogP contribution is 2.46. The summed E-state index contributed by atoms with van der Waals surface area (Å²) in [4.78, 5) is 28.2. The first-order valence-corrected chi connectivity index (χ1v) is 10.4. The maximum Gasteiger partial charge on any atom is 0.300 e. The second-order valence-electron chi connectivity index (χ2n) is 7.42. The molecule has 30 heavy (non-hydrogen) atoms. The van der Waals surface area contributed by atoms with Gasteiger partial charge in [0.25, 0.3) is 11.7 Å². The van der Waals surface area contributed by atoms with Gasteiger partial charge in [-0.1, -0.05) is 24.3 Å². The number of carbonyl (C=O) groups excluding carboxylic acids is 2. The highest BCUT2D eigenvalue weighted by atomic mass is 32.1. The number of aryl methyl sites for hydroxylation is 3. The van der Waals surface area contributed by atoms with E-state index in [1.54, 1.807) is 30.3 Å². The first-order valence-electron chi connectivity index (χ1n) is 9.52. The third kappa shape index (κ3) is 3.09. The zero-order chi connectivity index (χ0) is 21.6. The number of phenols is 1. The zero-order valence-corrected chi connectivity index (χ0v) is 17.7. The SMILES string of the molecule is Cc1ccc(/C(O)=C2/C(=O)C(=O)N(c3ccccc3O)C2c2sccc2C)cc1C. The summed E-state index contributed by atoms with van der Waals surface area (Å²) in [6.07, 6.45) is 0. The number of hydrogen-bond donors (Lipinski definition) is 2. The highest BCUT2D eigenvalue weighted by molar-refractivity contribution is 7.10. The maximum atomic E-state index is 13.1. The van der Waals surface area contributed by atoms with Gasteiger partial charge in [0.2, 0.25) is 0 Å². The number of benzene rings is 2. The van der Waals surface area contributed by atoms with Crippen LogP contribution in [0.15, 0.2) is 59.5 Å². The predicted molar refractivity (Wildman–Crippen MR) is 118 cm³/mol. The van der Waals surface area contributed by atoms with Crippen molar-refractivity contribution in [3.63, 3.8) is 0 Å². The van der Waals surface area contributed by atoms with Crippen LogP contribution < -0.4 is 4.90 Å². The van der Waals surface area contributed by atoms with Crippen LogP contribution in [0.25, 0.3) is 5.76 Å². The number of para-hydroxylation sites is 2. The zero-order valence-electron chi connectivity index (χ0n) is 16.8. The lowest BCUT2D eigenvalue weighted by Gasteiger charge is -2.25. The molecule has 0 radical (unpaired) electrons. The van der Waals surface area contributed by atoms with Crippen LogP contribution in [-0.2, 0) is 9.59 Å². The molecule has 2 N–H and O–H groups in total. The molecule has 6 heteroatoms. The van der Waals surface area contributed by atoms with Gasteiger partial charge in [0.05, 0.1) is 11.3 Å². The molecule has 1 amide bonds. The van der Waals surface area contributed by atoms with Gasteiger partial charge in [-0.15, -0.1) is 11.3 Å². The lowest BCUT2D eigenvalue weighted by Crippen LogP contribution is -2.29. The normalized spacial score (nSPS) is 18.2. The molecule has 1 unspecified atom stereocenters. The van der Waals surface area contributed by atoms with Gasteiger partial charge in [0.1, 0.15) is 17.6 Å². The Labute approximate surface area is 178 Å². The largest absolute Gasteiger partial charge is 0.507 e. The number of aromatic hydroxyl groups is 1. The van der Waals surface area contributed by atoms with Crippen LogP contribution >= 0.6 is 11.3 Å². The van der Waals surface area contributed by atoms with Gasteiger partial charge < -0.3 is 10.2 Å². The quantitative estimate of drug-likeness (QED) is 0.356. The van der Waals surface area contributed by atoms with Crippen LogP contribution in [0.2, 0.25) is 0 Å². The van der Waals surface area contributed by atoms with Crippen molar-refractivity contribution in [3.05, 3.63) is 86.6 Å². The smallest absolute Gasteiger partial charge is 0.300 e. The van der Waals surface area contributed by atoms with Gasteiger partial charge in [-0.05, 0) is 67.1 Å². The Morgan fingerprint density at radius 3 is 2.33 bits per heavy atom. The number of rotatable bonds is 3. The van der Waals surface area contributed by atoms with Crippen LogP contribution in [-0.4, -0.2) is 21.9 Å². The van der Waals surface area contributed by atoms with Gasteiger partial charge in [0.15, 0.2) is 0 Å². The van der Waals surface area contributed by atoms with E-state index in [2.05, 4.69) is 0 Å². The van der Waals surface area contributed by atoms with E-state index in [9.17, 15) is 19.8 Å². The minimum atomic E-state index is -0.820. The first kappa shape index (κ1) is 19.9. The molecule has 0 bridgehead atoms. The summed E-state index contributed by atoms with van der Waals surface area (Å²) in [5.74, 6) is -1.87. The number of phenolic OH excluding ortho intramolecular Hbond substituents is 1. The lowest BCUT2D eigenvalue weighted by molar-refractivity contribution is -0.132. The number of hydrogen-bond acceptors (Lipinski definition) is 5. The number of thiophene rings is 1. The van der Waals surface area contributed by atoms with Crippen molar-refractivity contribution in [2.24, 2.45) is 0 Å². The molecule has 1 saturated heterocycles. The van der Waals surface area contributed by atoms with E-state index in [0.717, 1.165) is 21.6 Å². The fraction of sp³-hybridized carbons (Fsp3) is 0.167. The third-order valence-electron chi connectivity index (χ3n) is 5.52. The van der Waals surface area contributed by atoms with E-state index >= 15 is 0 Å². The Balaban J connectivity index is 1.98. The molecule has 5 nitrogen and oxygen atoms in total. The van der Waals surface area contributed by atoms with Crippen LogP contribution in [0.5, 0.6) is 5.75 Å². The minimum absolute atomic E-state index is 0.0251. The number of anilines is 1. The van der Waals surface area contributed by atoms with Crippen molar-refractivity contribution in [2.75, 3.05) is 4.90 Å². The van der Waals surface area contributed by atoms with E-state index in [1.165, 1.54) is 22.3 Å². The molecule has 1 fully saturated rings. The summed E-state index contributed by atoms with van der Waals surface area (Å²) in [5.41, 5.74) is 3.67. The number of nitrogens with zero attached hydrogens (tertiary/aromatic N) is 1. The second-order valence-corrected chi connectivity index (χ2v) is 8.37. The van der Waals surface area contributed by atoms with E-state index in [1.807, 2.05) is 38.3 Å². The molecule has 1 atom stereocenters. The van der Waals surface area contributed by atoms with E-state index in [-0.39, 0.29) is 22.8 Å². The Kier molecular flexibility index (Phi) is 4.95. The monoisotopic (exact) mass is 419 g/mol. The predicted octanol–water partition coefficient (Wildman–Crippen LogP) is 5.01. The van der Waals surface area contributed by atoms with Crippen molar-refractivity contribution < 1.29 is 19.8 Å². The van der Waals surface area contributed by atoms with Crippen molar-refractivity contribution in [3.8, 4) is 5.75 Å². The van der Waals surface area contributed by atoms with Crippen molar-refractivity contribution in [1.29, 1.82) is 0 Å². The minimum Gasteiger partial charge on any atom is -0.507 e. The highest BCUT2D eigenvalue weighted by Gasteiger charge is 2.48. The van der Waals surface area contributed by atoms with Crippen molar-refractivity contribution in [1.82, 2.24) is 0 Å². The van der Waals surface area contributed by atoms with E-state index in [4.69, 9.17) is 0 Å².